The summed E-state index contributed by atoms with van der Waals surface area (Å²) in [5.41, 5.74) is 0. The minimum Gasteiger partial charge on any atom is -0.466 e. The van der Waals surface area contributed by atoms with Crippen LogP contribution in [0.5, 0.6) is 0 Å². The molecule has 0 amide bonds. The van der Waals surface area contributed by atoms with Crippen LogP contribution in [-0.4, -0.2) is 25.8 Å². The molecule has 4 nitrogen and oxygen atoms in total. The van der Waals surface area contributed by atoms with Gasteiger partial charge in [-0.15, -0.1) is 0 Å². The minimum absolute atomic E-state index is 0.183. The van der Waals surface area contributed by atoms with E-state index in [4.69, 9.17) is 9.62 Å². The van der Waals surface area contributed by atoms with E-state index in [-0.39, 0.29) is 5.97 Å². The highest BCUT2D eigenvalue weighted by atomic mass is 17.2. The zero-order chi connectivity index (χ0) is 9.23. The molecule has 0 atom stereocenters. The van der Waals surface area contributed by atoms with E-state index >= 15 is 0 Å². The average molecular weight is 176 g/mol. The first-order valence-corrected chi connectivity index (χ1v) is 4.21. The second-order valence-corrected chi connectivity index (χ2v) is 2.14. The fourth-order valence-electron chi connectivity index (χ4n) is 0.651. The molecule has 12 heavy (non-hydrogen) atoms. The molecule has 0 rings (SSSR count). The lowest BCUT2D eigenvalue weighted by Crippen LogP contribution is -2.05. The van der Waals surface area contributed by atoms with Gasteiger partial charge in [0, 0.05) is 6.42 Å². The summed E-state index contributed by atoms with van der Waals surface area (Å²) < 4.78 is 4.71. The molecule has 4 heteroatoms. The third-order valence-electron chi connectivity index (χ3n) is 1.12. The summed E-state index contributed by atoms with van der Waals surface area (Å²) in [6.07, 6.45) is 1.03. The number of rotatable bonds is 7. The van der Waals surface area contributed by atoms with Gasteiger partial charge in [-0.25, -0.2) is 9.78 Å². The first kappa shape index (κ1) is 11.4. The summed E-state index contributed by atoms with van der Waals surface area (Å²) in [7, 11) is 0. The van der Waals surface area contributed by atoms with Crippen LogP contribution in [0.3, 0.4) is 0 Å². The number of carbonyl (C=O) groups excluding carboxylic acids is 1. The second-order valence-electron chi connectivity index (χ2n) is 2.14. The van der Waals surface area contributed by atoms with Gasteiger partial charge in [0.25, 0.3) is 0 Å². The van der Waals surface area contributed by atoms with E-state index in [1.54, 1.807) is 6.92 Å². The zero-order valence-electron chi connectivity index (χ0n) is 7.67. The Hall–Kier alpha value is -0.610. The summed E-state index contributed by atoms with van der Waals surface area (Å²) in [4.78, 5) is 20.1. The number of esters is 1. The lowest BCUT2D eigenvalue weighted by molar-refractivity contribution is -0.291. The Bertz CT molecular complexity index is 114. The maximum Gasteiger partial charge on any atom is 0.305 e. The van der Waals surface area contributed by atoms with Gasteiger partial charge >= 0.3 is 5.97 Å². The Kier molecular flexibility index (Phi) is 8.05. The van der Waals surface area contributed by atoms with E-state index in [0.717, 1.165) is 0 Å². The predicted molar refractivity (Wildman–Crippen MR) is 43.4 cm³/mol. The van der Waals surface area contributed by atoms with Crippen LogP contribution >= 0.6 is 0 Å². The molecular weight excluding hydrogens is 160 g/mol. The van der Waals surface area contributed by atoms with Crippen LogP contribution in [0, 0.1) is 0 Å². The van der Waals surface area contributed by atoms with Gasteiger partial charge in [0.1, 0.15) is 0 Å². The summed E-state index contributed by atoms with van der Waals surface area (Å²) >= 11 is 0. The number of hydrogen-bond acceptors (Lipinski definition) is 4. The molecule has 0 aliphatic carbocycles. The van der Waals surface area contributed by atoms with E-state index in [0.29, 0.717) is 32.7 Å². The molecule has 72 valence electrons. The van der Waals surface area contributed by atoms with E-state index in [1.165, 1.54) is 0 Å². The van der Waals surface area contributed by atoms with Crippen LogP contribution in [0.4, 0.5) is 0 Å². The molecule has 0 fully saturated rings. The Balaban J connectivity index is 3.03. The fraction of sp³-hybridized carbons (Fsp3) is 0.875. The normalized spacial score (nSPS) is 9.83. The van der Waals surface area contributed by atoms with E-state index < -0.39 is 0 Å². The van der Waals surface area contributed by atoms with Gasteiger partial charge < -0.3 is 4.74 Å². The standard InChI is InChI=1S/C8H16O4/c1-3-10-8(9)6-5-7-12-11-4-2/h3-7H2,1-2H3. The Morgan fingerprint density at radius 3 is 2.50 bits per heavy atom. The molecule has 0 aliphatic heterocycles. The highest BCUT2D eigenvalue weighted by molar-refractivity contribution is 5.69. The summed E-state index contributed by atoms with van der Waals surface area (Å²) in [5, 5.41) is 0. The van der Waals surface area contributed by atoms with Gasteiger partial charge in [-0.3, -0.25) is 4.79 Å². The molecule has 0 heterocycles. The number of hydrogen-bond donors (Lipinski definition) is 0. The molecule has 0 saturated heterocycles. The predicted octanol–water partition coefficient (Wildman–Crippen LogP) is 1.30. The van der Waals surface area contributed by atoms with Gasteiger partial charge in [-0.1, -0.05) is 0 Å². The van der Waals surface area contributed by atoms with Crippen LogP contribution in [-0.2, 0) is 19.3 Å². The van der Waals surface area contributed by atoms with E-state index in [1.807, 2.05) is 6.92 Å². The summed E-state index contributed by atoms with van der Waals surface area (Å²) in [5.74, 6) is -0.183. The molecule has 0 aromatic rings. The van der Waals surface area contributed by atoms with Crippen LogP contribution < -0.4 is 0 Å². The minimum atomic E-state index is -0.183. The number of carbonyl (C=O) groups is 1. The summed E-state index contributed by atoms with van der Waals surface area (Å²) in [6.45, 7) is 5.02. The lowest BCUT2D eigenvalue weighted by atomic mass is 10.3. The van der Waals surface area contributed by atoms with Crippen LogP contribution in [0.2, 0.25) is 0 Å². The van der Waals surface area contributed by atoms with Gasteiger partial charge in [0.15, 0.2) is 0 Å². The van der Waals surface area contributed by atoms with Crippen molar-refractivity contribution in [2.75, 3.05) is 19.8 Å². The van der Waals surface area contributed by atoms with Crippen molar-refractivity contribution in [3.8, 4) is 0 Å². The SMILES string of the molecule is CCOOCCCC(=O)OCC. The number of ether oxygens (including phenoxy) is 1. The van der Waals surface area contributed by atoms with E-state index in [9.17, 15) is 4.79 Å². The average Bonchev–Trinajstić information content (AvgIpc) is 2.05. The maximum absolute atomic E-state index is 10.8. The van der Waals surface area contributed by atoms with Crippen molar-refractivity contribution < 1.29 is 19.3 Å². The Labute approximate surface area is 72.7 Å². The lowest BCUT2D eigenvalue weighted by Gasteiger charge is -2.01. The molecule has 0 spiro atoms. The molecule has 0 bridgehead atoms. The van der Waals surface area contributed by atoms with Gasteiger partial charge in [0.2, 0.25) is 0 Å². The quantitative estimate of drug-likeness (QED) is 0.254. The smallest absolute Gasteiger partial charge is 0.305 e. The fourth-order valence-corrected chi connectivity index (χ4v) is 0.651. The first-order chi connectivity index (χ1) is 5.81. The highest BCUT2D eigenvalue weighted by Crippen LogP contribution is 1.93. The molecule has 0 aliphatic rings. The topological polar surface area (TPSA) is 44.8 Å². The van der Waals surface area contributed by atoms with E-state index in [2.05, 4.69) is 4.89 Å². The van der Waals surface area contributed by atoms with Crippen LogP contribution in [0.15, 0.2) is 0 Å². The Morgan fingerprint density at radius 1 is 1.17 bits per heavy atom. The second kappa shape index (κ2) is 8.49. The van der Waals surface area contributed by atoms with Crippen molar-refractivity contribution in [2.24, 2.45) is 0 Å². The highest BCUT2D eigenvalue weighted by Gasteiger charge is 2.00. The zero-order valence-corrected chi connectivity index (χ0v) is 7.67. The van der Waals surface area contributed by atoms with Gasteiger partial charge in [0.05, 0.1) is 19.8 Å². The largest absolute Gasteiger partial charge is 0.466 e. The Morgan fingerprint density at radius 2 is 1.92 bits per heavy atom. The van der Waals surface area contributed by atoms with Crippen LogP contribution in [0.1, 0.15) is 26.7 Å². The molecule has 0 unspecified atom stereocenters. The van der Waals surface area contributed by atoms with Crippen molar-refractivity contribution in [1.29, 1.82) is 0 Å². The molecule has 0 saturated carbocycles. The molecule has 0 N–H and O–H groups in total. The molecule has 0 aromatic carbocycles. The third kappa shape index (κ3) is 7.50. The van der Waals surface area contributed by atoms with Crippen molar-refractivity contribution in [3.05, 3.63) is 0 Å². The van der Waals surface area contributed by atoms with Gasteiger partial charge in [-0.2, -0.15) is 0 Å². The molecular formula is C8H16O4. The first-order valence-electron chi connectivity index (χ1n) is 4.21. The maximum atomic E-state index is 10.8. The molecule has 0 aromatic heterocycles. The molecule has 0 radical (unpaired) electrons. The summed E-state index contributed by atoms with van der Waals surface area (Å²) in [6, 6.07) is 0. The van der Waals surface area contributed by atoms with Gasteiger partial charge in [-0.05, 0) is 20.3 Å². The van der Waals surface area contributed by atoms with Crippen molar-refractivity contribution >= 4 is 5.97 Å². The van der Waals surface area contributed by atoms with Crippen LogP contribution in [0.25, 0.3) is 0 Å². The third-order valence-corrected chi connectivity index (χ3v) is 1.12. The van der Waals surface area contributed by atoms with Crippen molar-refractivity contribution in [1.82, 2.24) is 0 Å². The van der Waals surface area contributed by atoms with Crippen molar-refractivity contribution in [2.45, 2.75) is 26.7 Å². The monoisotopic (exact) mass is 176 g/mol. The van der Waals surface area contributed by atoms with Crippen molar-refractivity contribution in [3.63, 3.8) is 0 Å².